The van der Waals surface area contributed by atoms with Gasteiger partial charge in [-0.1, -0.05) is 48.9 Å². The standard InChI is InChI=1S/C21H25NO2/c1-24-19-10-5-7-17(15-19)11-12-20(23)22-16-21(13-6-14-21)18-8-3-2-4-9-18/h2-5,7-10,15H,6,11-14,16H2,1H3,(H,22,23). The molecule has 1 saturated carbocycles. The molecular weight excluding hydrogens is 298 g/mol. The zero-order valence-corrected chi connectivity index (χ0v) is 14.3. The molecule has 0 bridgehead atoms. The number of aryl methyl sites for hydroxylation is 1. The molecule has 0 aromatic heterocycles. The van der Waals surface area contributed by atoms with Crippen molar-refractivity contribution >= 4 is 5.91 Å². The third-order valence-electron chi connectivity index (χ3n) is 5.10. The van der Waals surface area contributed by atoms with Gasteiger partial charge < -0.3 is 10.1 Å². The van der Waals surface area contributed by atoms with Crippen molar-refractivity contribution in [3.05, 3.63) is 65.7 Å². The molecule has 24 heavy (non-hydrogen) atoms. The van der Waals surface area contributed by atoms with Crippen LogP contribution in [-0.2, 0) is 16.6 Å². The van der Waals surface area contributed by atoms with Crippen molar-refractivity contribution < 1.29 is 9.53 Å². The van der Waals surface area contributed by atoms with Crippen molar-refractivity contribution in [3.8, 4) is 5.75 Å². The Balaban J connectivity index is 1.52. The van der Waals surface area contributed by atoms with Crippen molar-refractivity contribution in [2.45, 2.75) is 37.5 Å². The Morgan fingerprint density at radius 3 is 2.58 bits per heavy atom. The highest BCUT2D eigenvalue weighted by atomic mass is 16.5. The Bertz CT molecular complexity index is 677. The molecule has 0 atom stereocenters. The number of methoxy groups -OCH3 is 1. The minimum Gasteiger partial charge on any atom is -0.497 e. The van der Waals surface area contributed by atoms with Gasteiger partial charge in [0.2, 0.25) is 5.91 Å². The van der Waals surface area contributed by atoms with Crippen LogP contribution >= 0.6 is 0 Å². The molecule has 1 fully saturated rings. The Morgan fingerprint density at radius 2 is 1.92 bits per heavy atom. The van der Waals surface area contributed by atoms with E-state index < -0.39 is 0 Å². The van der Waals surface area contributed by atoms with E-state index in [1.807, 2.05) is 30.3 Å². The van der Waals surface area contributed by atoms with E-state index in [9.17, 15) is 4.79 Å². The fraction of sp³-hybridized carbons (Fsp3) is 0.381. The third-order valence-corrected chi connectivity index (χ3v) is 5.10. The maximum Gasteiger partial charge on any atom is 0.220 e. The smallest absolute Gasteiger partial charge is 0.220 e. The van der Waals surface area contributed by atoms with E-state index in [0.717, 1.165) is 37.1 Å². The number of hydrogen-bond donors (Lipinski definition) is 1. The Morgan fingerprint density at radius 1 is 1.12 bits per heavy atom. The fourth-order valence-electron chi connectivity index (χ4n) is 3.40. The summed E-state index contributed by atoms with van der Waals surface area (Å²) < 4.78 is 5.22. The first-order chi connectivity index (χ1) is 11.7. The molecule has 0 heterocycles. The van der Waals surface area contributed by atoms with Crippen molar-refractivity contribution in [2.24, 2.45) is 0 Å². The molecule has 0 radical (unpaired) electrons. The topological polar surface area (TPSA) is 38.3 Å². The Labute approximate surface area is 144 Å². The predicted octanol–water partition coefficient (Wildman–Crippen LogP) is 3.87. The second kappa shape index (κ2) is 7.52. The van der Waals surface area contributed by atoms with Crippen LogP contribution in [0.5, 0.6) is 5.75 Å². The second-order valence-electron chi connectivity index (χ2n) is 6.63. The number of amides is 1. The van der Waals surface area contributed by atoms with E-state index in [0.29, 0.717) is 6.42 Å². The molecule has 1 aliphatic rings. The highest BCUT2D eigenvalue weighted by Gasteiger charge is 2.38. The van der Waals surface area contributed by atoms with Crippen LogP contribution in [0.4, 0.5) is 0 Å². The molecule has 2 aromatic rings. The minimum absolute atomic E-state index is 0.125. The van der Waals surface area contributed by atoms with Gasteiger partial charge in [0.25, 0.3) is 0 Å². The molecule has 0 saturated heterocycles. The number of benzene rings is 2. The van der Waals surface area contributed by atoms with Gasteiger partial charge in [-0.25, -0.2) is 0 Å². The summed E-state index contributed by atoms with van der Waals surface area (Å²) in [6.45, 7) is 0.744. The number of ether oxygens (including phenoxy) is 1. The summed E-state index contributed by atoms with van der Waals surface area (Å²) in [5.74, 6) is 0.963. The predicted molar refractivity (Wildman–Crippen MR) is 96.3 cm³/mol. The average molecular weight is 323 g/mol. The summed E-state index contributed by atoms with van der Waals surface area (Å²) >= 11 is 0. The molecule has 3 nitrogen and oxygen atoms in total. The van der Waals surface area contributed by atoms with Crippen LogP contribution in [0.3, 0.4) is 0 Å². The summed E-state index contributed by atoms with van der Waals surface area (Å²) in [6.07, 6.45) is 4.81. The highest BCUT2D eigenvalue weighted by molar-refractivity contribution is 5.76. The molecule has 1 amide bonds. The lowest BCUT2D eigenvalue weighted by Gasteiger charge is -2.42. The van der Waals surface area contributed by atoms with Gasteiger partial charge in [0.05, 0.1) is 7.11 Å². The van der Waals surface area contributed by atoms with Crippen LogP contribution in [-0.4, -0.2) is 19.6 Å². The van der Waals surface area contributed by atoms with E-state index in [2.05, 4.69) is 29.6 Å². The van der Waals surface area contributed by atoms with E-state index in [-0.39, 0.29) is 11.3 Å². The molecule has 2 aromatic carbocycles. The molecule has 1 aliphatic carbocycles. The quantitative estimate of drug-likeness (QED) is 0.840. The molecular formula is C21H25NO2. The van der Waals surface area contributed by atoms with Gasteiger partial charge in [0.1, 0.15) is 5.75 Å². The summed E-state index contributed by atoms with van der Waals surface area (Å²) in [7, 11) is 1.66. The van der Waals surface area contributed by atoms with Gasteiger partial charge in [0, 0.05) is 18.4 Å². The number of carbonyl (C=O) groups excluding carboxylic acids is 1. The second-order valence-corrected chi connectivity index (χ2v) is 6.63. The van der Waals surface area contributed by atoms with E-state index in [1.165, 1.54) is 12.0 Å². The zero-order valence-electron chi connectivity index (χ0n) is 14.3. The summed E-state index contributed by atoms with van der Waals surface area (Å²) in [5, 5.41) is 3.15. The van der Waals surface area contributed by atoms with Crippen molar-refractivity contribution in [1.29, 1.82) is 0 Å². The normalized spacial score (nSPS) is 15.4. The first kappa shape index (κ1) is 16.6. The van der Waals surface area contributed by atoms with Gasteiger partial charge in [0.15, 0.2) is 0 Å². The first-order valence-corrected chi connectivity index (χ1v) is 8.67. The van der Waals surface area contributed by atoms with Crippen LogP contribution in [0.25, 0.3) is 0 Å². The van der Waals surface area contributed by atoms with Gasteiger partial charge in [-0.2, -0.15) is 0 Å². The monoisotopic (exact) mass is 323 g/mol. The molecule has 0 aliphatic heterocycles. The lowest BCUT2D eigenvalue weighted by atomic mass is 9.64. The Hall–Kier alpha value is -2.29. The Kier molecular flexibility index (Phi) is 5.19. The maximum atomic E-state index is 12.2. The zero-order chi connectivity index (χ0) is 16.8. The van der Waals surface area contributed by atoms with Gasteiger partial charge >= 0.3 is 0 Å². The van der Waals surface area contributed by atoms with E-state index in [1.54, 1.807) is 7.11 Å². The van der Waals surface area contributed by atoms with E-state index >= 15 is 0 Å². The molecule has 126 valence electrons. The largest absolute Gasteiger partial charge is 0.497 e. The van der Waals surface area contributed by atoms with Crippen LogP contribution in [0.15, 0.2) is 54.6 Å². The molecule has 0 unspecified atom stereocenters. The fourth-order valence-corrected chi connectivity index (χ4v) is 3.40. The number of hydrogen-bond acceptors (Lipinski definition) is 2. The number of nitrogens with one attached hydrogen (secondary N) is 1. The lowest BCUT2D eigenvalue weighted by Crippen LogP contribution is -2.45. The van der Waals surface area contributed by atoms with Crippen LogP contribution in [0.1, 0.15) is 36.8 Å². The number of rotatable bonds is 7. The average Bonchev–Trinajstić information content (AvgIpc) is 2.60. The SMILES string of the molecule is COc1cccc(CCC(=O)NCC2(c3ccccc3)CCC2)c1. The minimum atomic E-state index is 0.125. The van der Waals surface area contributed by atoms with E-state index in [4.69, 9.17) is 4.74 Å². The van der Waals surface area contributed by atoms with Gasteiger partial charge in [-0.15, -0.1) is 0 Å². The summed E-state index contributed by atoms with van der Waals surface area (Å²) in [5.41, 5.74) is 2.63. The van der Waals surface area contributed by atoms with Gasteiger partial charge in [-0.3, -0.25) is 4.79 Å². The maximum absolute atomic E-state index is 12.2. The van der Waals surface area contributed by atoms with Crippen LogP contribution < -0.4 is 10.1 Å². The van der Waals surface area contributed by atoms with Gasteiger partial charge in [-0.05, 0) is 42.5 Å². The first-order valence-electron chi connectivity index (χ1n) is 8.67. The van der Waals surface area contributed by atoms with Crippen LogP contribution in [0, 0.1) is 0 Å². The molecule has 0 spiro atoms. The third kappa shape index (κ3) is 3.78. The molecule has 3 heteroatoms. The molecule has 3 rings (SSSR count). The summed E-state index contributed by atoms with van der Waals surface area (Å²) in [6, 6.07) is 18.5. The van der Waals surface area contributed by atoms with Crippen molar-refractivity contribution in [3.63, 3.8) is 0 Å². The summed E-state index contributed by atoms with van der Waals surface area (Å²) in [4.78, 5) is 12.2. The van der Waals surface area contributed by atoms with Crippen molar-refractivity contribution in [1.82, 2.24) is 5.32 Å². The van der Waals surface area contributed by atoms with Crippen molar-refractivity contribution in [2.75, 3.05) is 13.7 Å². The number of carbonyl (C=O) groups is 1. The highest BCUT2D eigenvalue weighted by Crippen LogP contribution is 2.43. The molecule has 1 N–H and O–H groups in total. The van der Waals surface area contributed by atoms with Crippen LogP contribution in [0.2, 0.25) is 0 Å². The lowest BCUT2D eigenvalue weighted by molar-refractivity contribution is -0.121.